The van der Waals surface area contributed by atoms with Gasteiger partial charge in [-0.15, -0.1) is 0 Å². The van der Waals surface area contributed by atoms with Crippen LogP contribution in [0, 0.1) is 17.8 Å². The van der Waals surface area contributed by atoms with Crippen molar-refractivity contribution in [3.05, 3.63) is 11.4 Å². The van der Waals surface area contributed by atoms with Gasteiger partial charge < -0.3 is 15.6 Å². The lowest BCUT2D eigenvalue weighted by Gasteiger charge is -2.08. The average Bonchev–Trinajstić information content (AvgIpc) is 2.67. The quantitative estimate of drug-likeness (QED) is 0.632. The Balaban J connectivity index is 1.64. The molecule has 0 spiro atoms. The maximum absolute atomic E-state index is 5.28. The van der Waals surface area contributed by atoms with Crippen LogP contribution in [0.4, 0.5) is 0 Å². The number of allylic oxidation sites excluding steroid dienone is 2. The van der Waals surface area contributed by atoms with Crippen molar-refractivity contribution in [2.75, 3.05) is 13.7 Å². The first-order chi connectivity index (χ1) is 7.40. The van der Waals surface area contributed by atoms with Crippen LogP contribution in [0.2, 0.25) is 0 Å². The fraction of sp³-hybridized carbons (Fsp3) is 0.818. The summed E-state index contributed by atoms with van der Waals surface area (Å²) in [4.78, 5) is 0. The van der Waals surface area contributed by atoms with Gasteiger partial charge in [-0.25, -0.2) is 0 Å². The Morgan fingerprint density at radius 1 is 1.13 bits per heavy atom. The van der Waals surface area contributed by atoms with E-state index in [0.717, 1.165) is 24.4 Å². The molecular formula is C11H19N3O. The SMILES string of the molecule is COCC1C2CCC3=C(CCC21)NNN3. The highest BCUT2D eigenvalue weighted by Gasteiger charge is 2.49. The third kappa shape index (κ3) is 1.62. The van der Waals surface area contributed by atoms with Crippen LogP contribution < -0.4 is 16.4 Å². The number of ether oxygens (including phenoxy) is 1. The number of hydrazine groups is 2. The molecular weight excluding hydrogens is 190 g/mol. The van der Waals surface area contributed by atoms with Gasteiger partial charge in [-0.3, -0.25) is 0 Å². The summed E-state index contributed by atoms with van der Waals surface area (Å²) in [6.07, 6.45) is 4.98. The number of hydrogen-bond donors (Lipinski definition) is 3. The van der Waals surface area contributed by atoms with Crippen molar-refractivity contribution in [3.63, 3.8) is 0 Å². The lowest BCUT2D eigenvalue weighted by Crippen LogP contribution is -2.32. The Kier molecular flexibility index (Phi) is 2.33. The number of hydrogen-bond acceptors (Lipinski definition) is 4. The summed E-state index contributed by atoms with van der Waals surface area (Å²) < 4.78 is 5.28. The third-order valence-corrected chi connectivity index (χ3v) is 4.11. The maximum Gasteiger partial charge on any atom is 0.0496 e. The summed E-state index contributed by atoms with van der Waals surface area (Å²) in [6, 6.07) is 0. The summed E-state index contributed by atoms with van der Waals surface area (Å²) in [5.41, 5.74) is 12.1. The molecule has 1 saturated carbocycles. The maximum atomic E-state index is 5.28. The molecule has 15 heavy (non-hydrogen) atoms. The highest BCUT2D eigenvalue weighted by atomic mass is 16.5. The first-order valence-electron chi connectivity index (χ1n) is 5.88. The van der Waals surface area contributed by atoms with Crippen molar-refractivity contribution in [1.29, 1.82) is 0 Å². The normalized spacial score (nSPS) is 38.3. The molecule has 1 fully saturated rings. The Hall–Kier alpha value is -0.740. The van der Waals surface area contributed by atoms with Crippen molar-refractivity contribution in [3.8, 4) is 0 Å². The topological polar surface area (TPSA) is 45.3 Å². The molecule has 0 radical (unpaired) electrons. The van der Waals surface area contributed by atoms with Crippen LogP contribution in [0.25, 0.3) is 0 Å². The molecule has 2 aliphatic carbocycles. The van der Waals surface area contributed by atoms with Gasteiger partial charge in [-0.2, -0.15) is 5.53 Å². The molecule has 0 aromatic rings. The van der Waals surface area contributed by atoms with Gasteiger partial charge in [0.15, 0.2) is 0 Å². The second-order valence-electron chi connectivity index (χ2n) is 4.86. The Morgan fingerprint density at radius 2 is 1.73 bits per heavy atom. The first kappa shape index (κ1) is 9.48. The van der Waals surface area contributed by atoms with Crippen molar-refractivity contribution in [2.45, 2.75) is 25.7 Å². The number of rotatable bonds is 2. The van der Waals surface area contributed by atoms with Crippen LogP contribution in [0.5, 0.6) is 0 Å². The molecule has 4 heteroatoms. The molecule has 84 valence electrons. The second-order valence-corrected chi connectivity index (χ2v) is 4.86. The fourth-order valence-corrected chi connectivity index (χ4v) is 3.20. The Labute approximate surface area is 90.4 Å². The van der Waals surface area contributed by atoms with E-state index in [1.165, 1.54) is 37.1 Å². The van der Waals surface area contributed by atoms with Crippen molar-refractivity contribution in [2.24, 2.45) is 17.8 Å². The predicted molar refractivity (Wildman–Crippen MR) is 57.2 cm³/mol. The van der Waals surface area contributed by atoms with Gasteiger partial charge in [0.2, 0.25) is 0 Å². The van der Waals surface area contributed by atoms with Gasteiger partial charge in [0, 0.05) is 25.1 Å². The molecule has 3 rings (SSSR count). The second kappa shape index (κ2) is 3.68. The minimum Gasteiger partial charge on any atom is -0.384 e. The molecule has 1 aliphatic heterocycles. The molecule has 0 amide bonds. The summed E-state index contributed by atoms with van der Waals surface area (Å²) in [7, 11) is 1.82. The predicted octanol–water partition coefficient (Wildman–Crippen LogP) is 0.893. The zero-order valence-corrected chi connectivity index (χ0v) is 9.18. The van der Waals surface area contributed by atoms with Gasteiger partial charge in [0.05, 0.1) is 0 Å². The van der Waals surface area contributed by atoms with E-state index in [2.05, 4.69) is 16.4 Å². The fourth-order valence-electron chi connectivity index (χ4n) is 3.20. The highest BCUT2D eigenvalue weighted by molar-refractivity contribution is 5.17. The summed E-state index contributed by atoms with van der Waals surface area (Å²) in [6.45, 7) is 0.957. The van der Waals surface area contributed by atoms with Crippen molar-refractivity contribution < 1.29 is 4.74 Å². The standard InChI is InChI=1S/C11H19N3O/c1-15-6-9-7-2-4-10-11(13-14-12-10)5-3-8(7)9/h7-9,12-14H,2-6H2,1H3. The number of fused-ring (bicyclic) bond motifs is 1. The Morgan fingerprint density at radius 3 is 2.27 bits per heavy atom. The molecule has 1 heterocycles. The van der Waals surface area contributed by atoms with E-state index >= 15 is 0 Å². The Bertz CT molecular complexity index is 266. The average molecular weight is 209 g/mol. The van der Waals surface area contributed by atoms with Gasteiger partial charge in [0.25, 0.3) is 0 Å². The van der Waals surface area contributed by atoms with Gasteiger partial charge in [-0.1, -0.05) is 0 Å². The summed E-state index contributed by atoms with van der Waals surface area (Å²) >= 11 is 0. The van der Waals surface area contributed by atoms with E-state index in [0.29, 0.717) is 0 Å². The molecule has 3 N–H and O–H groups in total. The van der Waals surface area contributed by atoms with Crippen LogP contribution in [0.15, 0.2) is 11.4 Å². The van der Waals surface area contributed by atoms with E-state index < -0.39 is 0 Å². The van der Waals surface area contributed by atoms with Crippen LogP contribution in [-0.4, -0.2) is 13.7 Å². The van der Waals surface area contributed by atoms with Crippen molar-refractivity contribution >= 4 is 0 Å². The largest absolute Gasteiger partial charge is 0.384 e. The zero-order valence-electron chi connectivity index (χ0n) is 9.18. The smallest absolute Gasteiger partial charge is 0.0496 e. The summed E-state index contributed by atoms with van der Waals surface area (Å²) in [5.74, 6) is 2.67. The minimum absolute atomic E-state index is 0.836. The number of nitrogens with one attached hydrogen (secondary N) is 3. The lowest BCUT2D eigenvalue weighted by atomic mass is 10.0. The van der Waals surface area contributed by atoms with E-state index in [9.17, 15) is 0 Å². The van der Waals surface area contributed by atoms with E-state index in [1.54, 1.807) is 0 Å². The van der Waals surface area contributed by atoms with E-state index in [-0.39, 0.29) is 0 Å². The molecule has 2 atom stereocenters. The molecule has 0 saturated heterocycles. The zero-order chi connectivity index (χ0) is 10.3. The van der Waals surface area contributed by atoms with Crippen molar-refractivity contribution in [1.82, 2.24) is 16.4 Å². The minimum atomic E-state index is 0.836. The van der Waals surface area contributed by atoms with Crippen LogP contribution in [0.1, 0.15) is 25.7 Å². The molecule has 0 aromatic carbocycles. The lowest BCUT2D eigenvalue weighted by molar-refractivity contribution is 0.176. The monoisotopic (exact) mass is 209 g/mol. The van der Waals surface area contributed by atoms with Crippen LogP contribution in [-0.2, 0) is 4.74 Å². The van der Waals surface area contributed by atoms with Crippen LogP contribution >= 0.6 is 0 Å². The van der Waals surface area contributed by atoms with Gasteiger partial charge >= 0.3 is 0 Å². The highest BCUT2D eigenvalue weighted by Crippen LogP contribution is 2.53. The third-order valence-electron chi connectivity index (χ3n) is 4.11. The molecule has 0 aromatic heterocycles. The first-order valence-corrected chi connectivity index (χ1v) is 5.88. The summed E-state index contributed by atoms with van der Waals surface area (Å²) in [5, 5.41) is 0. The van der Waals surface area contributed by atoms with E-state index in [1.807, 2.05) is 7.11 Å². The molecule has 4 nitrogen and oxygen atoms in total. The van der Waals surface area contributed by atoms with Gasteiger partial charge in [-0.05, 0) is 43.4 Å². The molecule has 3 aliphatic rings. The van der Waals surface area contributed by atoms with Crippen LogP contribution in [0.3, 0.4) is 0 Å². The van der Waals surface area contributed by atoms with Gasteiger partial charge in [0.1, 0.15) is 0 Å². The molecule has 0 bridgehead atoms. The van der Waals surface area contributed by atoms with E-state index in [4.69, 9.17) is 4.74 Å². The molecule has 2 unspecified atom stereocenters. The number of methoxy groups -OCH3 is 1.